The predicted molar refractivity (Wildman–Crippen MR) is 352 cm³/mol. The average molecular weight is 1320 g/mol. The van der Waals surface area contributed by atoms with Crippen molar-refractivity contribution in [2.24, 2.45) is 0 Å². The number of carbonyl (C=O) groups excluding carboxylic acids is 5. The smallest absolute Gasteiger partial charge is 0.317 e. The van der Waals surface area contributed by atoms with Crippen molar-refractivity contribution < 1.29 is 64.2 Å². The monoisotopic (exact) mass is 1320 g/mol. The van der Waals surface area contributed by atoms with Crippen molar-refractivity contribution in [3.8, 4) is 0 Å². The summed E-state index contributed by atoms with van der Waals surface area (Å²) in [5, 5.41) is 75.5. The Morgan fingerprint density at radius 1 is 0.547 bits per heavy atom. The number of benzene rings is 3. The molecule has 95 heavy (non-hydrogen) atoms. The summed E-state index contributed by atoms with van der Waals surface area (Å²) >= 11 is 0. The zero-order valence-electron chi connectivity index (χ0n) is 53.1. The Balaban J connectivity index is 0.978. The van der Waals surface area contributed by atoms with Gasteiger partial charge in [-0.1, -0.05) is 6.92 Å². The van der Waals surface area contributed by atoms with Crippen LogP contribution in [0.4, 0.5) is 34.4 Å². The first-order chi connectivity index (χ1) is 45.5. The molecule has 33 heteroatoms. The highest BCUT2D eigenvalue weighted by atomic mass is 16.5. The lowest BCUT2D eigenvalue weighted by atomic mass is 10.1. The van der Waals surface area contributed by atoms with E-state index in [1.54, 1.807) is 70.5 Å². The normalized spacial score (nSPS) is 16.8. The van der Waals surface area contributed by atoms with E-state index in [1.807, 2.05) is 31.4 Å². The maximum absolute atomic E-state index is 14.2. The topological polar surface area (TPSA) is 437 Å². The highest BCUT2D eigenvalue weighted by Crippen LogP contribution is 2.19. The average Bonchev–Trinajstić information content (AvgIpc) is 0.863. The number of aliphatic carboxylic acids is 2. The van der Waals surface area contributed by atoms with Crippen molar-refractivity contribution in [2.45, 2.75) is 44.9 Å². The summed E-state index contributed by atoms with van der Waals surface area (Å²) in [6, 6.07) is 17.6. The zero-order valence-corrected chi connectivity index (χ0v) is 53.1. The number of nitrogens with two attached hydrogens (primary N) is 1. The van der Waals surface area contributed by atoms with Crippen LogP contribution >= 0.6 is 0 Å². The van der Waals surface area contributed by atoms with Gasteiger partial charge in [0.25, 0.3) is 11.5 Å². The number of rotatable bonds is 26. The lowest BCUT2D eigenvalue weighted by Gasteiger charge is -2.33. The van der Waals surface area contributed by atoms with Gasteiger partial charge in [0.05, 0.1) is 44.6 Å². The van der Waals surface area contributed by atoms with Crippen LogP contribution in [0, 0.1) is 7.05 Å². The number of nitrogens with one attached hydrogen (secondary N) is 7. The van der Waals surface area contributed by atoms with Gasteiger partial charge < -0.3 is 73.2 Å². The molecule has 0 spiro atoms. The number of H-pyrrole nitrogens is 1. The highest BCUT2D eigenvalue weighted by Gasteiger charge is 2.26. The van der Waals surface area contributed by atoms with E-state index >= 15 is 0 Å². The molecule has 514 valence electrons. The number of hydrogen-bond acceptors (Lipinski definition) is 25. The van der Waals surface area contributed by atoms with Crippen molar-refractivity contribution in [1.29, 1.82) is 0 Å². The number of likely N-dealkylation sites (N-methyl/N-ethyl adjacent to an activating group) is 1. The van der Waals surface area contributed by atoms with Crippen LogP contribution in [0.15, 0.2) is 83.8 Å². The fraction of sp³-hybridized carbons (Fsp3) is 0.484. The molecule has 2 radical (unpaired) electrons. The molecule has 1 atom stereocenters. The van der Waals surface area contributed by atoms with Crippen molar-refractivity contribution in [3.05, 3.63) is 108 Å². The Hall–Kier alpha value is -8.71. The summed E-state index contributed by atoms with van der Waals surface area (Å²) in [4.78, 5) is 134. The van der Waals surface area contributed by atoms with E-state index in [4.69, 9.17) is 12.8 Å². The molecule has 2 fully saturated rings. The SMILES string of the molecule is [CH]N1CCN(CC(=O)O)CCN(CC(=O)Nc2ccc(NC(=O)C(CCC(=O)Nc3ccc(NC(=O)CN4CCN(CC(=O)O)CCN(CC)CCN(CC(O)O)CC4)cc3)NC(=O)c3ccc(NCc4cnc5nc(N)[nH]c(=O)c5n4)cc3)cc2)CCN(CC(O)O)CC1. The first-order valence-corrected chi connectivity index (χ1v) is 31.3. The van der Waals surface area contributed by atoms with Gasteiger partial charge >= 0.3 is 11.9 Å². The third kappa shape index (κ3) is 26.2. The second kappa shape index (κ2) is 37.4. The van der Waals surface area contributed by atoms with Gasteiger partial charge in [-0.25, -0.2) is 9.97 Å². The van der Waals surface area contributed by atoms with Crippen molar-refractivity contribution in [3.63, 3.8) is 0 Å². The number of amides is 5. The van der Waals surface area contributed by atoms with E-state index < -0.39 is 59.7 Å². The molecule has 2 aliphatic heterocycles. The largest absolute Gasteiger partial charge is 0.480 e. The van der Waals surface area contributed by atoms with Crippen LogP contribution < -0.4 is 43.2 Å². The maximum atomic E-state index is 14.2. The van der Waals surface area contributed by atoms with E-state index in [0.29, 0.717) is 139 Å². The number of carboxylic acid groups (broad SMARTS) is 2. The molecule has 2 aromatic heterocycles. The summed E-state index contributed by atoms with van der Waals surface area (Å²) < 4.78 is 0. The fourth-order valence-electron chi connectivity index (χ4n) is 10.6. The summed E-state index contributed by atoms with van der Waals surface area (Å²) in [7, 11) is 6.15. The van der Waals surface area contributed by atoms with E-state index in [1.165, 1.54) is 18.3 Å². The number of carbonyl (C=O) groups is 7. The molecule has 2 saturated heterocycles. The van der Waals surface area contributed by atoms with Gasteiger partial charge in [0, 0.05) is 165 Å². The quantitative estimate of drug-likeness (QED) is 0.0263. The van der Waals surface area contributed by atoms with Crippen LogP contribution in [0.2, 0.25) is 0 Å². The number of anilines is 6. The first-order valence-electron chi connectivity index (χ1n) is 31.3. The van der Waals surface area contributed by atoms with Gasteiger partial charge in [-0.15, -0.1) is 0 Å². The Kier molecular flexibility index (Phi) is 29.0. The van der Waals surface area contributed by atoms with Gasteiger partial charge in [0.15, 0.2) is 23.7 Å². The zero-order chi connectivity index (χ0) is 68.4. The maximum Gasteiger partial charge on any atom is 0.317 e. The number of nitrogen functional groups attached to an aromatic ring is 1. The number of aromatic nitrogens is 4. The molecule has 2 aliphatic rings. The summed E-state index contributed by atoms with van der Waals surface area (Å²) in [6.07, 6.45) is -2.12. The lowest BCUT2D eigenvalue weighted by molar-refractivity contribution is -0.139. The van der Waals surface area contributed by atoms with Gasteiger partial charge in [0.1, 0.15) is 6.04 Å². The van der Waals surface area contributed by atoms with E-state index in [2.05, 4.69) is 56.7 Å². The van der Waals surface area contributed by atoms with Crippen molar-refractivity contribution >= 4 is 87.0 Å². The van der Waals surface area contributed by atoms with Crippen LogP contribution in [0.25, 0.3) is 11.2 Å². The molecule has 0 aliphatic carbocycles. The second-order valence-electron chi connectivity index (χ2n) is 23.2. The minimum Gasteiger partial charge on any atom is -0.480 e. The standard InChI is InChI=1S/C62H87N19O14/c1-3-75-22-24-80(40-55(89)90)32-28-77(29-33-81(25-23-75)41-56(91)92)37-51(83)67-45-10-8-44(9-11-45)66-50(82)17-16-49(71-59(93)42-4-6-43(7-5-42)64-34-48-35-65-58-57(69-48)61(95)73-62(63)72-58)60(94)70-47-14-12-46(13-15-47)68-52(84)36-76-26-30-78(38-53(85)86)20-18-74(2)19-21-79(31-27-76)39-54(87)88/h2,4-15,35,49,53,55,64,85-86,89-90H,3,16-34,36-41H2,1H3,(H,66,82)(H,67,83)(H,68,84)(H,70,94)(H,71,93)(H,87,88)(H,91,92)(H3,63,65,72,73,95). The molecule has 0 bridgehead atoms. The summed E-state index contributed by atoms with van der Waals surface area (Å²) in [5.41, 5.74) is 7.81. The molecule has 15 N–H and O–H groups in total. The summed E-state index contributed by atoms with van der Waals surface area (Å²) in [5.74, 6) is -4.62. The van der Waals surface area contributed by atoms with Crippen LogP contribution in [-0.2, 0) is 35.3 Å². The fourth-order valence-corrected chi connectivity index (χ4v) is 10.6. The molecule has 5 amide bonds. The van der Waals surface area contributed by atoms with Gasteiger partial charge in [-0.3, -0.25) is 77.6 Å². The molecular formula is C62H87N19O14. The van der Waals surface area contributed by atoms with Crippen LogP contribution in [0.5, 0.6) is 0 Å². The number of hydrogen-bond donors (Lipinski definition) is 14. The minimum atomic E-state index is -1.60. The molecule has 4 heterocycles. The number of nitrogens with zero attached hydrogens (tertiary/aromatic N) is 11. The second-order valence-corrected chi connectivity index (χ2v) is 23.2. The number of fused-ring (bicyclic) bond motifs is 1. The van der Waals surface area contributed by atoms with Gasteiger partial charge in [-0.05, 0) is 85.8 Å². The van der Waals surface area contributed by atoms with E-state index in [-0.39, 0.29) is 87.2 Å². The lowest BCUT2D eigenvalue weighted by Crippen LogP contribution is -2.49. The van der Waals surface area contributed by atoms with Gasteiger partial charge in [-0.2, -0.15) is 4.98 Å². The Labute approximate surface area is 549 Å². The number of aromatic amines is 1. The van der Waals surface area contributed by atoms with E-state index in [0.717, 1.165) is 6.54 Å². The van der Waals surface area contributed by atoms with Crippen LogP contribution in [-0.4, -0.2) is 300 Å². The number of aliphatic hydroxyl groups is 4. The van der Waals surface area contributed by atoms with Gasteiger partial charge in [0.2, 0.25) is 29.6 Å². The highest BCUT2D eigenvalue weighted by molar-refractivity contribution is 6.02. The molecule has 33 nitrogen and oxygen atoms in total. The molecule has 1 unspecified atom stereocenters. The number of aliphatic hydroxyl groups excluding tert-OH is 2. The Bertz CT molecular complexity index is 3380. The third-order valence-corrected chi connectivity index (χ3v) is 15.8. The van der Waals surface area contributed by atoms with Crippen molar-refractivity contribution in [1.82, 2.24) is 64.5 Å². The molecule has 3 aromatic carbocycles. The Morgan fingerprint density at radius 2 is 0.958 bits per heavy atom. The third-order valence-electron chi connectivity index (χ3n) is 15.8. The van der Waals surface area contributed by atoms with E-state index in [9.17, 15) is 69.0 Å². The predicted octanol–water partition coefficient (Wildman–Crippen LogP) is -2.14. The summed E-state index contributed by atoms with van der Waals surface area (Å²) in [6.45, 7) is 8.99. The number of β-amino-alcohol motifs (C(OH)–C–C–N with tert-alkyl or cyclic N) is 4. The van der Waals surface area contributed by atoms with Crippen LogP contribution in [0.1, 0.15) is 35.8 Å². The molecule has 5 aromatic rings. The number of carboxylic acids is 2. The minimum absolute atomic E-state index is 0.00894. The first kappa shape index (κ1) is 73.7. The van der Waals surface area contributed by atoms with Crippen LogP contribution in [0.3, 0.4) is 0 Å². The van der Waals surface area contributed by atoms with Crippen molar-refractivity contribution in [2.75, 3.05) is 183 Å². The Morgan fingerprint density at radius 3 is 1.42 bits per heavy atom. The molecule has 0 saturated carbocycles. The molecule has 7 rings (SSSR count). The molecular weight excluding hydrogens is 1230 g/mol.